The minimum absolute atomic E-state index is 0.0925. The maximum Gasteiger partial charge on any atom is 0.261 e. The molecule has 1 unspecified atom stereocenters. The highest BCUT2D eigenvalue weighted by Gasteiger charge is 2.38. The van der Waals surface area contributed by atoms with Gasteiger partial charge in [-0.15, -0.1) is 11.3 Å². The summed E-state index contributed by atoms with van der Waals surface area (Å²) >= 11 is 6.96. The van der Waals surface area contributed by atoms with Crippen molar-refractivity contribution >= 4 is 46.4 Å². The maximum absolute atomic E-state index is 14.7. The number of hydrogen-bond acceptors (Lipinski definition) is 7. The number of thiophene rings is 1. The molecule has 1 aromatic carbocycles. The van der Waals surface area contributed by atoms with E-state index in [1.54, 1.807) is 24.3 Å². The van der Waals surface area contributed by atoms with Crippen molar-refractivity contribution in [3.05, 3.63) is 80.1 Å². The number of likely N-dealkylation sites (tertiary alicyclic amines) is 1. The van der Waals surface area contributed by atoms with Gasteiger partial charge in [0.05, 0.1) is 32.6 Å². The SMILES string of the molecule is O=C([O-])CN1C[C@@H](NC(=O)c2ccc(Cl)s2)CC1C(=O)Nc1ccc(-n2ccccc2=O)cc1F. The van der Waals surface area contributed by atoms with Crippen molar-refractivity contribution in [2.45, 2.75) is 18.5 Å². The average molecular weight is 518 g/mol. The van der Waals surface area contributed by atoms with Crippen LogP contribution in [0.3, 0.4) is 0 Å². The highest BCUT2D eigenvalue weighted by molar-refractivity contribution is 7.18. The van der Waals surface area contributed by atoms with Crippen LogP contribution in [0.2, 0.25) is 4.34 Å². The van der Waals surface area contributed by atoms with Gasteiger partial charge in [0.15, 0.2) is 0 Å². The number of anilines is 1. The smallest absolute Gasteiger partial charge is 0.261 e. The fourth-order valence-electron chi connectivity index (χ4n) is 3.93. The molecule has 1 saturated heterocycles. The Bertz CT molecular complexity index is 1340. The summed E-state index contributed by atoms with van der Waals surface area (Å²) in [7, 11) is 0. The third-order valence-corrected chi connectivity index (χ3v) is 6.71. The first kappa shape index (κ1) is 24.6. The lowest BCUT2D eigenvalue weighted by Crippen LogP contribution is -2.46. The molecule has 1 aliphatic rings. The Morgan fingerprint density at radius 2 is 1.97 bits per heavy atom. The number of carboxylic acids is 1. The Balaban J connectivity index is 1.47. The first-order valence-corrected chi connectivity index (χ1v) is 11.7. The van der Waals surface area contributed by atoms with Crippen LogP contribution in [0.1, 0.15) is 16.1 Å². The Labute approximate surface area is 207 Å². The van der Waals surface area contributed by atoms with Gasteiger partial charge in [0.2, 0.25) is 5.91 Å². The molecular formula is C23H19ClFN4O5S-. The Morgan fingerprint density at radius 3 is 2.63 bits per heavy atom. The van der Waals surface area contributed by atoms with Gasteiger partial charge in [-0.25, -0.2) is 4.39 Å². The fraction of sp³-hybridized carbons (Fsp3) is 0.217. The van der Waals surface area contributed by atoms with E-state index in [4.69, 9.17) is 11.6 Å². The normalized spacial score (nSPS) is 17.8. The number of nitrogens with one attached hydrogen (secondary N) is 2. The molecule has 2 aromatic heterocycles. The number of hydrogen-bond donors (Lipinski definition) is 2. The number of nitrogens with zero attached hydrogens (tertiary/aromatic N) is 2. The second-order valence-corrected chi connectivity index (χ2v) is 9.60. The molecular weight excluding hydrogens is 499 g/mol. The average Bonchev–Trinajstić information content (AvgIpc) is 3.41. The first-order chi connectivity index (χ1) is 16.7. The zero-order valence-electron chi connectivity index (χ0n) is 18.1. The lowest BCUT2D eigenvalue weighted by atomic mass is 10.1. The summed E-state index contributed by atoms with van der Waals surface area (Å²) in [5, 5.41) is 16.5. The molecule has 35 heavy (non-hydrogen) atoms. The van der Waals surface area contributed by atoms with Crippen LogP contribution < -0.4 is 21.3 Å². The molecule has 4 rings (SSSR count). The quantitative estimate of drug-likeness (QED) is 0.486. The van der Waals surface area contributed by atoms with E-state index < -0.39 is 36.3 Å². The number of aromatic nitrogens is 1. The van der Waals surface area contributed by atoms with E-state index >= 15 is 0 Å². The van der Waals surface area contributed by atoms with Crippen LogP contribution in [0.25, 0.3) is 5.69 Å². The van der Waals surface area contributed by atoms with Crippen LogP contribution in [-0.2, 0) is 9.59 Å². The largest absolute Gasteiger partial charge is 0.549 e. The molecule has 12 heteroatoms. The van der Waals surface area contributed by atoms with Crippen molar-refractivity contribution in [1.82, 2.24) is 14.8 Å². The van der Waals surface area contributed by atoms with Crippen LogP contribution in [0.5, 0.6) is 0 Å². The van der Waals surface area contributed by atoms with Gasteiger partial charge in [-0.05, 0) is 36.8 Å². The zero-order valence-corrected chi connectivity index (χ0v) is 19.6. The molecule has 3 heterocycles. The number of carbonyl (C=O) groups is 3. The highest BCUT2D eigenvalue weighted by atomic mass is 35.5. The monoisotopic (exact) mass is 517 g/mol. The second-order valence-electron chi connectivity index (χ2n) is 7.89. The van der Waals surface area contributed by atoms with Crippen LogP contribution in [0.15, 0.2) is 59.5 Å². The first-order valence-electron chi connectivity index (χ1n) is 10.5. The number of pyridine rings is 1. The van der Waals surface area contributed by atoms with Crippen LogP contribution >= 0.6 is 22.9 Å². The number of aliphatic carboxylic acids is 1. The zero-order chi connectivity index (χ0) is 25.1. The number of amides is 2. The summed E-state index contributed by atoms with van der Waals surface area (Å²) < 4.78 is 16.4. The number of rotatable bonds is 7. The number of carbonyl (C=O) groups excluding carboxylic acids is 3. The van der Waals surface area contributed by atoms with E-state index in [9.17, 15) is 28.7 Å². The second kappa shape index (κ2) is 10.4. The van der Waals surface area contributed by atoms with Crippen molar-refractivity contribution in [3.8, 4) is 5.69 Å². The third-order valence-electron chi connectivity index (χ3n) is 5.48. The Morgan fingerprint density at radius 1 is 1.17 bits per heavy atom. The lowest BCUT2D eigenvalue weighted by molar-refractivity contribution is -0.306. The van der Waals surface area contributed by atoms with E-state index in [-0.39, 0.29) is 35.8 Å². The number of carboxylic acid groups (broad SMARTS) is 1. The van der Waals surface area contributed by atoms with Crippen molar-refractivity contribution < 1.29 is 23.9 Å². The lowest BCUT2D eigenvalue weighted by Gasteiger charge is -2.23. The molecule has 1 fully saturated rings. The van der Waals surface area contributed by atoms with Gasteiger partial charge >= 0.3 is 0 Å². The molecule has 0 saturated carbocycles. The van der Waals surface area contributed by atoms with Gasteiger partial charge in [-0.3, -0.25) is 23.9 Å². The predicted molar refractivity (Wildman–Crippen MR) is 126 cm³/mol. The molecule has 1 aliphatic heterocycles. The molecule has 9 nitrogen and oxygen atoms in total. The predicted octanol–water partition coefficient (Wildman–Crippen LogP) is 1.25. The van der Waals surface area contributed by atoms with Crippen molar-refractivity contribution in [1.29, 1.82) is 0 Å². The van der Waals surface area contributed by atoms with Crippen molar-refractivity contribution in [3.63, 3.8) is 0 Å². The molecule has 2 atom stereocenters. The van der Waals surface area contributed by atoms with Crippen LogP contribution in [0.4, 0.5) is 10.1 Å². The summed E-state index contributed by atoms with van der Waals surface area (Å²) in [6, 6.07) is 10.1. The van der Waals surface area contributed by atoms with Gasteiger partial charge < -0.3 is 20.5 Å². The van der Waals surface area contributed by atoms with Gasteiger partial charge in [0.1, 0.15) is 5.82 Å². The maximum atomic E-state index is 14.7. The van der Waals surface area contributed by atoms with Crippen molar-refractivity contribution in [2.75, 3.05) is 18.4 Å². The summed E-state index contributed by atoms with van der Waals surface area (Å²) in [4.78, 5) is 50.3. The Hall–Kier alpha value is -3.54. The molecule has 0 bridgehead atoms. The summed E-state index contributed by atoms with van der Waals surface area (Å²) in [6.07, 6.45) is 1.60. The van der Waals surface area contributed by atoms with E-state index in [2.05, 4.69) is 10.6 Å². The molecule has 2 N–H and O–H groups in total. The van der Waals surface area contributed by atoms with Crippen LogP contribution in [-0.4, -0.2) is 52.4 Å². The topological polar surface area (TPSA) is 124 Å². The van der Waals surface area contributed by atoms with Gasteiger partial charge in [-0.2, -0.15) is 0 Å². The standard InChI is InChI=1S/C23H20ClFN4O5S/c24-19-7-6-18(35-19)23(34)26-13-9-17(28(11-13)12-21(31)32)22(33)27-16-5-4-14(10-15(16)25)29-8-2-1-3-20(29)30/h1-8,10,13,17H,9,11-12H2,(H,26,34)(H,27,33)(H,31,32)/p-1/t13-,17?/m0/s1. The van der Waals surface area contributed by atoms with Gasteiger partial charge in [0.25, 0.3) is 11.5 Å². The van der Waals surface area contributed by atoms with Crippen molar-refractivity contribution in [2.24, 2.45) is 0 Å². The van der Waals surface area contributed by atoms with Gasteiger partial charge in [-0.1, -0.05) is 17.7 Å². The highest BCUT2D eigenvalue weighted by Crippen LogP contribution is 2.24. The number of halogens is 2. The molecule has 3 aromatic rings. The Kier molecular flexibility index (Phi) is 7.29. The molecule has 0 radical (unpaired) electrons. The minimum atomic E-state index is -1.39. The van der Waals surface area contributed by atoms with Crippen LogP contribution in [0, 0.1) is 5.82 Å². The minimum Gasteiger partial charge on any atom is -0.549 e. The molecule has 0 spiro atoms. The van der Waals surface area contributed by atoms with E-state index in [0.29, 0.717) is 9.21 Å². The summed E-state index contributed by atoms with van der Waals surface area (Å²) in [5.41, 5.74) is -0.190. The van der Waals surface area contributed by atoms with E-state index in [1.807, 2.05) is 0 Å². The van der Waals surface area contributed by atoms with E-state index in [1.165, 1.54) is 33.9 Å². The molecule has 2 amide bonds. The van der Waals surface area contributed by atoms with Gasteiger partial charge in [0, 0.05) is 37.5 Å². The molecule has 182 valence electrons. The number of benzene rings is 1. The summed E-state index contributed by atoms with van der Waals surface area (Å²) in [5.74, 6) is -3.18. The van der Waals surface area contributed by atoms with E-state index in [0.717, 1.165) is 17.4 Å². The fourth-order valence-corrected chi connectivity index (χ4v) is 4.87. The molecule has 0 aliphatic carbocycles. The third kappa shape index (κ3) is 5.76. The summed E-state index contributed by atoms with van der Waals surface area (Å²) in [6.45, 7) is -0.442.